The predicted octanol–water partition coefficient (Wildman–Crippen LogP) is 11.1. The number of hydrogen-bond donors (Lipinski definition) is 0. The van der Waals surface area contributed by atoms with Gasteiger partial charge in [0.2, 0.25) is 0 Å². The van der Waals surface area contributed by atoms with Gasteiger partial charge in [-0.15, -0.1) is 23.5 Å². The van der Waals surface area contributed by atoms with Gasteiger partial charge in [-0.25, -0.2) is 0 Å². The van der Waals surface area contributed by atoms with Crippen molar-refractivity contribution in [3.63, 3.8) is 0 Å². The molecule has 0 saturated carbocycles. The highest BCUT2D eigenvalue weighted by Crippen LogP contribution is 2.63. The van der Waals surface area contributed by atoms with E-state index in [1.807, 2.05) is 60.7 Å². The molecule has 6 heteroatoms. The van der Waals surface area contributed by atoms with Crippen molar-refractivity contribution in [3.8, 4) is 23.7 Å². The minimum atomic E-state index is -1.28. The Morgan fingerprint density at radius 2 is 0.848 bits per heavy atom. The van der Waals surface area contributed by atoms with Crippen LogP contribution in [0.2, 0.25) is 0 Å². The highest BCUT2D eigenvalue weighted by atomic mass is 32.2. The molecule has 2 heterocycles. The minimum absolute atomic E-state index is 0.427. The van der Waals surface area contributed by atoms with Crippen LogP contribution in [0.1, 0.15) is 127 Å². The average molecular weight is 687 g/mol. The molecule has 2 aliphatic rings. The molecule has 2 aliphatic heterocycles. The van der Waals surface area contributed by atoms with Gasteiger partial charge in [0, 0.05) is 20.9 Å². The molecule has 0 aliphatic carbocycles. The summed E-state index contributed by atoms with van der Waals surface area (Å²) in [6, 6.07) is 20.1. The molecule has 2 nitrogen and oxygen atoms in total. The quantitative estimate of drug-likeness (QED) is 0.178. The molecule has 0 aromatic heterocycles. The zero-order valence-electron chi connectivity index (χ0n) is 27.7. The van der Waals surface area contributed by atoms with Gasteiger partial charge in [-0.05, 0) is 49.9 Å². The first kappa shape index (κ1) is 35.1. The molecule has 5 rings (SSSR count). The third kappa shape index (κ3) is 7.27. The summed E-state index contributed by atoms with van der Waals surface area (Å²) in [5, 5.41) is 0. The SMILES string of the molecule is CCCCC1(CCCC)Sc2c(C#Cc3ccccc3)c3c(c(C#Cc4ccccc4)c2[S@]1=O)SC(CCCC)(CCCC)[S@]3=O. The maximum atomic E-state index is 15.1. The summed E-state index contributed by atoms with van der Waals surface area (Å²) in [5.74, 6) is 13.9. The smallest absolute Gasteiger partial charge is 0.100 e. The maximum absolute atomic E-state index is 15.1. The Balaban J connectivity index is 1.81. The van der Waals surface area contributed by atoms with E-state index >= 15 is 8.42 Å². The number of benzene rings is 3. The first-order valence-corrected chi connectivity index (χ1v) is 21.0. The molecule has 3 aromatic carbocycles. The Bertz CT molecular complexity index is 1550. The van der Waals surface area contributed by atoms with Gasteiger partial charge in [-0.1, -0.05) is 139 Å². The zero-order valence-corrected chi connectivity index (χ0v) is 31.0. The first-order valence-electron chi connectivity index (χ1n) is 17.0. The Hall–Kier alpha value is -2.22. The van der Waals surface area contributed by atoms with Crippen molar-refractivity contribution in [2.45, 2.75) is 132 Å². The van der Waals surface area contributed by atoms with E-state index in [-0.39, 0.29) is 0 Å². The molecular formula is C40H46O2S4. The Kier molecular flexibility index (Phi) is 12.4. The molecule has 46 heavy (non-hydrogen) atoms. The van der Waals surface area contributed by atoms with Gasteiger partial charge >= 0.3 is 0 Å². The largest absolute Gasteiger partial charge is 0.253 e. The van der Waals surface area contributed by atoms with Gasteiger partial charge in [0.1, 0.15) is 8.16 Å². The number of rotatable bonds is 12. The normalized spacial score (nSPS) is 18.6. The van der Waals surface area contributed by atoms with Crippen molar-refractivity contribution in [3.05, 3.63) is 82.9 Å². The van der Waals surface area contributed by atoms with E-state index < -0.39 is 29.8 Å². The summed E-state index contributed by atoms with van der Waals surface area (Å²) in [5.41, 5.74) is 3.50. The highest BCUT2D eigenvalue weighted by Gasteiger charge is 2.53. The van der Waals surface area contributed by atoms with E-state index in [0.717, 1.165) is 119 Å². The van der Waals surface area contributed by atoms with Crippen LogP contribution in [0.25, 0.3) is 0 Å². The fourth-order valence-corrected chi connectivity index (χ4v) is 14.5. The fraction of sp³-hybridized carbons (Fsp3) is 0.450. The number of unbranched alkanes of at least 4 members (excludes halogenated alkanes) is 4. The van der Waals surface area contributed by atoms with Gasteiger partial charge < -0.3 is 0 Å². The summed E-state index contributed by atoms with van der Waals surface area (Å²) in [6.07, 6.45) is 11.8. The molecule has 0 radical (unpaired) electrons. The van der Waals surface area contributed by atoms with Gasteiger partial charge in [-0.3, -0.25) is 8.42 Å². The molecule has 0 spiro atoms. The molecule has 0 N–H and O–H groups in total. The predicted molar refractivity (Wildman–Crippen MR) is 199 cm³/mol. The van der Waals surface area contributed by atoms with Crippen LogP contribution in [0.15, 0.2) is 80.2 Å². The number of hydrogen-bond acceptors (Lipinski definition) is 4. The molecule has 0 fully saturated rings. The highest BCUT2D eigenvalue weighted by molar-refractivity contribution is 8.16. The topological polar surface area (TPSA) is 34.1 Å². The van der Waals surface area contributed by atoms with E-state index in [0.29, 0.717) is 0 Å². The lowest BCUT2D eigenvalue weighted by Crippen LogP contribution is -2.27. The van der Waals surface area contributed by atoms with Crippen LogP contribution >= 0.6 is 23.5 Å². The number of thioether (sulfide) groups is 2. The summed E-state index contributed by atoms with van der Waals surface area (Å²) >= 11 is 3.52. The van der Waals surface area contributed by atoms with Gasteiger partial charge in [0.15, 0.2) is 0 Å². The Morgan fingerprint density at radius 1 is 0.522 bits per heavy atom. The minimum Gasteiger partial charge on any atom is -0.253 e. The van der Waals surface area contributed by atoms with E-state index in [9.17, 15) is 0 Å². The molecular weight excluding hydrogens is 641 g/mol. The van der Waals surface area contributed by atoms with Gasteiger partial charge in [0.05, 0.1) is 42.5 Å². The lowest BCUT2D eigenvalue weighted by Gasteiger charge is -2.27. The van der Waals surface area contributed by atoms with Crippen molar-refractivity contribution >= 4 is 45.1 Å². The molecule has 2 atom stereocenters. The van der Waals surface area contributed by atoms with Gasteiger partial charge in [-0.2, -0.15) is 0 Å². The van der Waals surface area contributed by atoms with Crippen LogP contribution in [0.5, 0.6) is 0 Å². The molecule has 0 unspecified atom stereocenters. The zero-order chi connectivity index (χ0) is 32.6. The number of fused-ring (bicyclic) bond motifs is 2. The summed E-state index contributed by atoms with van der Waals surface area (Å²) in [7, 11) is -2.57. The third-order valence-electron chi connectivity index (χ3n) is 8.80. The van der Waals surface area contributed by atoms with E-state index in [1.165, 1.54) is 0 Å². The Morgan fingerprint density at radius 3 is 1.15 bits per heavy atom. The van der Waals surface area contributed by atoms with E-state index in [1.54, 1.807) is 23.5 Å². The summed E-state index contributed by atoms with van der Waals surface area (Å²) in [4.78, 5) is 3.59. The van der Waals surface area contributed by atoms with Crippen molar-refractivity contribution in [2.24, 2.45) is 0 Å². The molecule has 0 amide bonds. The molecule has 242 valence electrons. The Labute approximate surface area is 291 Å². The lowest BCUT2D eigenvalue weighted by molar-refractivity contribution is 0.565. The second-order valence-corrected chi connectivity index (χ2v) is 19.0. The summed E-state index contributed by atoms with van der Waals surface area (Å²) < 4.78 is 29.3. The van der Waals surface area contributed by atoms with Crippen LogP contribution in [-0.4, -0.2) is 16.6 Å². The van der Waals surface area contributed by atoms with Crippen molar-refractivity contribution in [2.75, 3.05) is 0 Å². The van der Waals surface area contributed by atoms with Crippen LogP contribution < -0.4 is 0 Å². The maximum Gasteiger partial charge on any atom is 0.100 e. The van der Waals surface area contributed by atoms with Crippen LogP contribution in [0, 0.1) is 23.7 Å². The van der Waals surface area contributed by atoms with Crippen molar-refractivity contribution in [1.82, 2.24) is 0 Å². The van der Waals surface area contributed by atoms with E-state index in [4.69, 9.17) is 0 Å². The summed E-state index contributed by atoms with van der Waals surface area (Å²) in [6.45, 7) is 8.82. The molecule has 0 bridgehead atoms. The van der Waals surface area contributed by atoms with Crippen molar-refractivity contribution < 1.29 is 8.42 Å². The fourth-order valence-electron chi connectivity index (χ4n) is 6.18. The first-order chi connectivity index (χ1) is 22.4. The average Bonchev–Trinajstić information content (AvgIpc) is 3.54. The van der Waals surface area contributed by atoms with Gasteiger partial charge in [0.25, 0.3) is 0 Å². The monoisotopic (exact) mass is 686 g/mol. The van der Waals surface area contributed by atoms with Crippen LogP contribution in [-0.2, 0) is 21.6 Å². The lowest BCUT2D eigenvalue weighted by atomic mass is 10.1. The standard InChI is InChI=1S/C40H46O2S4/c1-5-9-27-39(28-10-6-2)43-35-33(25-23-31-19-15-13-16-20-31)38-36(44-40(46(38)42,29-11-7-3)30-12-8-4)34(37(35)45(39)41)26-24-32-21-17-14-18-22-32/h13-22H,5-12,27-30H2,1-4H3/t45-,46+. The van der Waals surface area contributed by atoms with Crippen molar-refractivity contribution in [1.29, 1.82) is 0 Å². The van der Waals surface area contributed by atoms with E-state index in [2.05, 4.69) is 51.4 Å². The second-order valence-electron chi connectivity index (χ2n) is 12.3. The van der Waals surface area contributed by atoms with Crippen LogP contribution in [0.4, 0.5) is 0 Å². The molecule has 0 saturated heterocycles. The van der Waals surface area contributed by atoms with Crippen LogP contribution in [0.3, 0.4) is 0 Å². The molecule has 3 aromatic rings. The third-order valence-corrected chi connectivity index (χ3v) is 17.0. The second kappa shape index (κ2) is 16.3.